The molecule has 0 aromatic carbocycles. The number of ether oxygens (including phenoxy) is 1. The van der Waals surface area contributed by atoms with Crippen LogP contribution in [-0.2, 0) is 14.3 Å². The lowest BCUT2D eigenvalue weighted by Crippen LogP contribution is -2.51. The predicted octanol–water partition coefficient (Wildman–Crippen LogP) is 7.04. The summed E-state index contributed by atoms with van der Waals surface area (Å²) in [6.07, 6.45) is 16.8. The topological polar surface area (TPSA) is 43.4 Å². The molecule has 4 rings (SSSR count). The van der Waals surface area contributed by atoms with E-state index in [9.17, 15) is 9.59 Å². The number of Topliss-reactive ketones (excluding diaryl/α,β-unsaturated/α-hetero) is 1. The highest BCUT2D eigenvalue weighted by molar-refractivity contribution is 5.79. The average Bonchev–Trinajstić information content (AvgIpc) is 3.09. The van der Waals surface area contributed by atoms with Gasteiger partial charge in [0, 0.05) is 18.8 Å². The number of allylic oxidation sites excluding steroid dienone is 1. The second-order valence-electron chi connectivity index (χ2n) is 11.7. The maximum absolute atomic E-state index is 12.3. The van der Waals surface area contributed by atoms with Gasteiger partial charge in [-0.1, -0.05) is 51.7 Å². The summed E-state index contributed by atoms with van der Waals surface area (Å²) in [6, 6.07) is 0. The van der Waals surface area contributed by atoms with Crippen LogP contribution in [0.3, 0.4) is 0 Å². The largest absolute Gasteiger partial charge is 0.462 e. The summed E-state index contributed by atoms with van der Waals surface area (Å²) in [6.45, 7) is 8.93. The number of ketones is 1. The minimum atomic E-state index is 0.00801. The number of hydrogen-bond donors (Lipinski definition) is 0. The van der Waals surface area contributed by atoms with Gasteiger partial charge in [0.05, 0.1) is 0 Å². The highest BCUT2D eigenvalue weighted by Gasteiger charge is 2.59. The predicted molar refractivity (Wildman–Crippen MR) is 125 cm³/mol. The summed E-state index contributed by atoms with van der Waals surface area (Å²) in [7, 11) is 0. The average molecular weight is 429 g/mol. The Labute approximate surface area is 189 Å². The van der Waals surface area contributed by atoms with Crippen LogP contribution in [-0.4, -0.2) is 17.9 Å². The molecule has 7 unspecified atom stereocenters. The van der Waals surface area contributed by atoms with E-state index in [-0.39, 0.29) is 28.8 Å². The number of carbonyl (C=O) groups is 2. The molecule has 3 fully saturated rings. The minimum absolute atomic E-state index is 0.00801. The van der Waals surface area contributed by atoms with Crippen molar-refractivity contribution in [1.29, 1.82) is 0 Å². The van der Waals surface area contributed by atoms with Crippen LogP contribution in [0.4, 0.5) is 0 Å². The summed E-state index contributed by atoms with van der Waals surface area (Å²) < 4.78 is 5.91. The van der Waals surface area contributed by atoms with Crippen molar-refractivity contribution < 1.29 is 14.3 Å². The fourth-order valence-corrected chi connectivity index (χ4v) is 8.34. The van der Waals surface area contributed by atoms with Crippen molar-refractivity contribution in [1.82, 2.24) is 0 Å². The Morgan fingerprint density at radius 3 is 2.58 bits per heavy atom. The van der Waals surface area contributed by atoms with Crippen LogP contribution in [0.15, 0.2) is 11.6 Å². The fraction of sp³-hybridized carbons (Fsp3) is 0.857. The third-order valence-electron chi connectivity index (χ3n) is 10.1. The van der Waals surface area contributed by atoms with Crippen LogP contribution in [0.5, 0.6) is 0 Å². The first-order chi connectivity index (χ1) is 14.8. The fourth-order valence-electron chi connectivity index (χ4n) is 8.34. The number of rotatable bonds is 7. The van der Waals surface area contributed by atoms with E-state index in [1.807, 2.05) is 6.92 Å². The Morgan fingerprint density at radius 2 is 1.84 bits per heavy atom. The summed E-state index contributed by atoms with van der Waals surface area (Å²) in [5, 5.41) is 0. The standard InChI is InChI=1S/C28H44O3/c1-5-6-7-8-9-26(30)31-21-14-16-27(3)20(18-21)10-11-22-24-13-12-23(19(2)29)28(24,4)17-15-25(22)27/h10,21-25H,5-9,11-18H2,1-4H3. The molecule has 0 N–H and O–H groups in total. The van der Waals surface area contributed by atoms with E-state index in [1.165, 1.54) is 32.1 Å². The number of carbonyl (C=O) groups excluding carboxylic acids is 2. The zero-order valence-corrected chi connectivity index (χ0v) is 20.4. The molecule has 31 heavy (non-hydrogen) atoms. The maximum atomic E-state index is 12.3. The molecule has 0 amide bonds. The third kappa shape index (κ3) is 4.15. The summed E-state index contributed by atoms with van der Waals surface area (Å²) in [5.41, 5.74) is 2.05. The van der Waals surface area contributed by atoms with E-state index in [1.54, 1.807) is 5.57 Å². The molecule has 0 radical (unpaired) electrons. The molecular weight excluding hydrogens is 384 g/mol. The normalized spacial score (nSPS) is 41.5. The molecule has 0 bridgehead atoms. The van der Waals surface area contributed by atoms with Gasteiger partial charge in [0.25, 0.3) is 0 Å². The van der Waals surface area contributed by atoms with E-state index in [0.29, 0.717) is 18.1 Å². The van der Waals surface area contributed by atoms with Crippen LogP contribution >= 0.6 is 0 Å². The lowest BCUT2D eigenvalue weighted by atomic mass is 9.47. The van der Waals surface area contributed by atoms with Gasteiger partial charge in [-0.25, -0.2) is 0 Å². The molecule has 0 spiro atoms. The summed E-state index contributed by atoms with van der Waals surface area (Å²) >= 11 is 0. The monoisotopic (exact) mass is 428 g/mol. The smallest absolute Gasteiger partial charge is 0.306 e. The van der Waals surface area contributed by atoms with Crippen molar-refractivity contribution >= 4 is 11.8 Å². The second kappa shape index (κ2) is 9.02. The van der Waals surface area contributed by atoms with Crippen molar-refractivity contribution in [3.05, 3.63) is 11.6 Å². The van der Waals surface area contributed by atoms with Gasteiger partial charge in [0.15, 0.2) is 0 Å². The molecular formula is C28H44O3. The van der Waals surface area contributed by atoms with Crippen molar-refractivity contribution in [3.8, 4) is 0 Å². The first-order valence-electron chi connectivity index (χ1n) is 13.2. The maximum Gasteiger partial charge on any atom is 0.306 e. The molecule has 3 heteroatoms. The number of fused-ring (bicyclic) bond motifs is 5. The van der Waals surface area contributed by atoms with Gasteiger partial charge in [-0.2, -0.15) is 0 Å². The van der Waals surface area contributed by atoms with Gasteiger partial charge >= 0.3 is 5.97 Å². The molecule has 7 atom stereocenters. The van der Waals surface area contributed by atoms with Crippen LogP contribution < -0.4 is 0 Å². The highest BCUT2D eigenvalue weighted by Crippen LogP contribution is 2.66. The Hall–Kier alpha value is -1.12. The molecule has 0 aromatic rings. The van der Waals surface area contributed by atoms with Crippen LogP contribution in [0, 0.1) is 34.5 Å². The van der Waals surface area contributed by atoms with E-state index in [4.69, 9.17) is 4.74 Å². The Kier molecular flexibility index (Phi) is 6.71. The number of hydrogen-bond acceptors (Lipinski definition) is 3. The lowest BCUT2D eigenvalue weighted by molar-refractivity contribution is -0.151. The molecule has 4 aliphatic rings. The van der Waals surface area contributed by atoms with Crippen molar-refractivity contribution in [2.75, 3.05) is 0 Å². The van der Waals surface area contributed by atoms with E-state index in [2.05, 4.69) is 26.8 Å². The Morgan fingerprint density at radius 1 is 1.03 bits per heavy atom. The van der Waals surface area contributed by atoms with Gasteiger partial charge in [0.2, 0.25) is 0 Å². The zero-order chi connectivity index (χ0) is 22.2. The molecule has 4 aliphatic carbocycles. The van der Waals surface area contributed by atoms with Gasteiger partial charge < -0.3 is 4.74 Å². The SMILES string of the molecule is CCCCCCC(=O)OC1CCC2(C)C(=CCC3C2CCC2(C)C(C(C)=O)CCC32)C1. The highest BCUT2D eigenvalue weighted by atomic mass is 16.5. The van der Waals surface area contributed by atoms with E-state index < -0.39 is 0 Å². The summed E-state index contributed by atoms with van der Waals surface area (Å²) in [4.78, 5) is 24.6. The van der Waals surface area contributed by atoms with Crippen LogP contribution in [0.25, 0.3) is 0 Å². The van der Waals surface area contributed by atoms with Gasteiger partial charge in [-0.05, 0) is 86.9 Å². The number of esters is 1. The minimum Gasteiger partial charge on any atom is -0.462 e. The number of unbranched alkanes of at least 4 members (excludes halogenated alkanes) is 3. The van der Waals surface area contributed by atoms with Gasteiger partial charge in [-0.3, -0.25) is 9.59 Å². The first-order valence-corrected chi connectivity index (χ1v) is 13.2. The van der Waals surface area contributed by atoms with Crippen molar-refractivity contribution in [3.63, 3.8) is 0 Å². The molecule has 3 saturated carbocycles. The van der Waals surface area contributed by atoms with Crippen molar-refractivity contribution in [2.24, 2.45) is 34.5 Å². The third-order valence-corrected chi connectivity index (χ3v) is 10.1. The Bertz CT molecular complexity index is 724. The van der Waals surface area contributed by atoms with Gasteiger partial charge in [0.1, 0.15) is 11.9 Å². The van der Waals surface area contributed by atoms with Crippen molar-refractivity contribution in [2.45, 2.75) is 117 Å². The summed E-state index contributed by atoms with van der Waals surface area (Å²) in [5.74, 6) is 2.88. The molecule has 0 saturated heterocycles. The van der Waals surface area contributed by atoms with Crippen LogP contribution in [0.1, 0.15) is 111 Å². The van der Waals surface area contributed by atoms with Gasteiger partial charge in [-0.15, -0.1) is 0 Å². The van der Waals surface area contributed by atoms with E-state index >= 15 is 0 Å². The zero-order valence-electron chi connectivity index (χ0n) is 20.4. The molecule has 0 aliphatic heterocycles. The lowest BCUT2D eigenvalue weighted by Gasteiger charge is -2.58. The van der Waals surface area contributed by atoms with Crippen LogP contribution in [0.2, 0.25) is 0 Å². The molecule has 0 heterocycles. The first kappa shape index (κ1) is 23.1. The second-order valence-corrected chi connectivity index (χ2v) is 11.7. The Balaban J connectivity index is 1.41. The molecule has 3 nitrogen and oxygen atoms in total. The quantitative estimate of drug-likeness (QED) is 0.248. The molecule has 174 valence electrons. The van der Waals surface area contributed by atoms with E-state index in [0.717, 1.165) is 56.8 Å². The molecule has 0 aromatic heterocycles.